The Balaban J connectivity index is 2.38. The summed E-state index contributed by atoms with van der Waals surface area (Å²) in [6, 6.07) is 1.32. The number of aliphatic hydroxyl groups excluding tert-OH is 1. The van der Waals surface area contributed by atoms with Gasteiger partial charge in [-0.3, -0.25) is 9.09 Å². The number of phosphoric ester groups is 1. The van der Waals surface area contributed by atoms with E-state index in [1.807, 2.05) is 0 Å². The Kier molecular flexibility index (Phi) is 5.49. The zero-order chi connectivity index (χ0) is 17.2. The zero-order valence-electron chi connectivity index (χ0n) is 11.9. The summed E-state index contributed by atoms with van der Waals surface area (Å²) in [5.74, 6) is -0.0183. The smallest absolute Gasteiger partial charge is 0.394 e. The molecule has 2 heterocycles. The molecule has 4 atom stereocenters. The van der Waals surface area contributed by atoms with Crippen LogP contribution in [0, 0.1) is 0 Å². The lowest BCUT2D eigenvalue weighted by molar-refractivity contribution is -0.326. The Bertz CT molecular complexity index is 647. The highest BCUT2D eigenvalue weighted by Gasteiger charge is 2.50. The fraction of sp³-hybridized carbons (Fsp3) is 0.600. The van der Waals surface area contributed by atoms with Crippen LogP contribution in [0.1, 0.15) is 6.23 Å². The second-order valence-electron chi connectivity index (χ2n) is 4.58. The van der Waals surface area contributed by atoms with Gasteiger partial charge in [0.25, 0.3) is 0 Å². The topological polar surface area (TPSA) is 176 Å². The van der Waals surface area contributed by atoms with Crippen molar-refractivity contribution in [2.75, 3.05) is 19.5 Å². The first kappa shape index (κ1) is 18.0. The number of rotatable bonds is 6. The summed E-state index contributed by atoms with van der Waals surface area (Å²) >= 11 is 0. The molecule has 0 aromatic carbocycles. The summed E-state index contributed by atoms with van der Waals surface area (Å²) in [5, 5.41) is 9.32. The monoisotopic (exact) mass is 353 g/mol. The van der Waals surface area contributed by atoms with Gasteiger partial charge in [0.15, 0.2) is 12.3 Å². The van der Waals surface area contributed by atoms with Crippen LogP contribution < -0.4 is 11.4 Å². The highest BCUT2D eigenvalue weighted by Crippen LogP contribution is 2.44. The molecule has 23 heavy (non-hydrogen) atoms. The minimum Gasteiger partial charge on any atom is -0.394 e. The van der Waals surface area contributed by atoms with Crippen LogP contribution in [0.2, 0.25) is 0 Å². The molecule has 1 fully saturated rings. The van der Waals surface area contributed by atoms with Crippen LogP contribution in [-0.2, 0) is 23.6 Å². The molecule has 1 aliphatic heterocycles. The van der Waals surface area contributed by atoms with E-state index in [9.17, 15) is 14.5 Å². The van der Waals surface area contributed by atoms with E-state index in [0.29, 0.717) is 0 Å². The molecule has 0 amide bonds. The second-order valence-corrected chi connectivity index (χ2v) is 5.77. The minimum absolute atomic E-state index is 0.0183. The molecule has 0 spiro atoms. The minimum atomic E-state index is -4.91. The quantitative estimate of drug-likeness (QED) is 0.256. The third-order valence-electron chi connectivity index (χ3n) is 3.06. The molecule has 1 aromatic heterocycles. The second kappa shape index (κ2) is 7.03. The molecule has 1 saturated heterocycles. The highest BCUT2D eigenvalue weighted by atomic mass is 31.2. The van der Waals surface area contributed by atoms with Crippen molar-refractivity contribution < 1.29 is 38.5 Å². The molecule has 13 heteroatoms. The van der Waals surface area contributed by atoms with E-state index in [-0.39, 0.29) is 5.82 Å². The van der Waals surface area contributed by atoms with Crippen molar-refractivity contribution in [3.8, 4) is 0 Å². The van der Waals surface area contributed by atoms with Crippen LogP contribution in [0.5, 0.6) is 0 Å². The number of anilines is 1. The number of nitrogen functional groups attached to an aromatic ring is 1. The van der Waals surface area contributed by atoms with Crippen molar-refractivity contribution in [3.05, 3.63) is 22.7 Å². The first-order valence-corrected chi connectivity index (χ1v) is 7.84. The molecule has 0 aliphatic carbocycles. The van der Waals surface area contributed by atoms with Gasteiger partial charge in [0.2, 0.25) is 0 Å². The van der Waals surface area contributed by atoms with Gasteiger partial charge in [-0.25, -0.2) is 19.1 Å². The summed E-state index contributed by atoms with van der Waals surface area (Å²) in [4.78, 5) is 42.8. The van der Waals surface area contributed by atoms with Crippen molar-refractivity contribution in [2.24, 2.45) is 0 Å². The van der Waals surface area contributed by atoms with Gasteiger partial charge < -0.3 is 25.4 Å². The van der Waals surface area contributed by atoms with Crippen molar-refractivity contribution in [2.45, 2.75) is 24.5 Å². The average molecular weight is 353 g/mol. The van der Waals surface area contributed by atoms with Crippen LogP contribution >= 0.6 is 7.82 Å². The van der Waals surface area contributed by atoms with Gasteiger partial charge in [-0.2, -0.15) is 4.98 Å². The molecule has 130 valence electrons. The highest BCUT2D eigenvalue weighted by molar-refractivity contribution is 7.46. The molecular formula is C10H16N3O9P. The maximum atomic E-state index is 11.9. The predicted octanol–water partition coefficient (Wildman–Crippen LogP) is -1.86. The maximum absolute atomic E-state index is 11.9. The van der Waals surface area contributed by atoms with Gasteiger partial charge in [0.1, 0.15) is 18.0 Å². The number of ether oxygens (including phenoxy) is 1. The summed E-state index contributed by atoms with van der Waals surface area (Å²) in [7, 11) is -3.76. The third kappa shape index (κ3) is 4.13. The SMILES string of the molecule is COO[C@@H]1[C@H](OP(=O)(O)O)[C@@H](CO)O[C@H]1n1ccc(N)nc1=O. The molecule has 12 nitrogen and oxygen atoms in total. The van der Waals surface area contributed by atoms with Gasteiger partial charge in [-0.05, 0) is 6.07 Å². The van der Waals surface area contributed by atoms with Gasteiger partial charge in [-0.15, -0.1) is 0 Å². The van der Waals surface area contributed by atoms with Crippen LogP contribution in [-0.4, -0.2) is 56.5 Å². The summed E-state index contributed by atoms with van der Waals surface area (Å²) < 4.78 is 22.1. The van der Waals surface area contributed by atoms with Gasteiger partial charge in [0, 0.05) is 6.20 Å². The lowest BCUT2D eigenvalue weighted by Crippen LogP contribution is -2.39. The van der Waals surface area contributed by atoms with Crippen molar-refractivity contribution in [1.29, 1.82) is 0 Å². The molecular weight excluding hydrogens is 337 g/mol. The molecule has 2 rings (SSSR count). The number of hydrogen-bond donors (Lipinski definition) is 4. The number of aliphatic hydroxyl groups is 1. The largest absolute Gasteiger partial charge is 0.470 e. The fourth-order valence-electron chi connectivity index (χ4n) is 2.20. The molecule has 0 unspecified atom stereocenters. The number of hydrogen-bond acceptors (Lipinski definition) is 9. The molecule has 1 aliphatic rings. The molecule has 0 bridgehead atoms. The van der Waals surface area contributed by atoms with Crippen LogP contribution in [0.3, 0.4) is 0 Å². The van der Waals surface area contributed by atoms with Crippen LogP contribution in [0.4, 0.5) is 5.82 Å². The van der Waals surface area contributed by atoms with Gasteiger partial charge >= 0.3 is 13.5 Å². The zero-order valence-corrected chi connectivity index (χ0v) is 12.8. The molecule has 0 radical (unpaired) electrons. The van der Waals surface area contributed by atoms with E-state index >= 15 is 0 Å². The summed E-state index contributed by atoms with van der Waals surface area (Å²) in [6.45, 7) is -0.637. The molecule has 0 saturated carbocycles. The van der Waals surface area contributed by atoms with Gasteiger partial charge in [-0.1, -0.05) is 0 Å². The van der Waals surface area contributed by atoms with E-state index in [1.165, 1.54) is 12.3 Å². The maximum Gasteiger partial charge on any atom is 0.470 e. The lowest BCUT2D eigenvalue weighted by Gasteiger charge is -2.23. The first-order chi connectivity index (χ1) is 10.8. The van der Waals surface area contributed by atoms with E-state index < -0.39 is 44.7 Å². The Labute approximate surface area is 129 Å². The predicted molar refractivity (Wildman–Crippen MR) is 72.7 cm³/mol. The number of nitrogens with zero attached hydrogens (tertiary/aromatic N) is 2. The Hall–Kier alpha value is -1.37. The summed E-state index contributed by atoms with van der Waals surface area (Å²) in [6.07, 6.45) is -3.76. The van der Waals surface area contributed by atoms with Crippen LogP contribution in [0.15, 0.2) is 17.1 Å². The standard InChI is InChI=1S/C10H16N3O9P/c1-19-21-8-7(22-23(16,17)18)5(4-14)20-9(8)13-3-2-6(11)12-10(13)15/h2-3,5,7-9,14H,4H2,1H3,(H2,11,12,15)(H2,16,17,18)/t5-,7-,8-,9-/m1/s1. The number of phosphoric acid groups is 1. The Morgan fingerprint density at radius 1 is 1.48 bits per heavy atom. The Morgan fingerprint density at radius 3 is 2.70 bits per heavy atom. The van der Waals surface area contributed by atoms with Crippen LogP contribution in [0.25, 0.3) is 0 Å². The van der Waals surface area contributed by atoms with Gasteiger partial charge in [0.05, 0.1) is 13.7 Å². The normalized spacial score (nSPS) is 28.2. The fourth-order valence-corrected chi connectivity index (χ4v) is 2.77. The lowest BCUT2D eigenvalue weighted by atomic mass is 10.1. The van der Waals surface area contributed by atoms with E-state index in [4.69, 9.17) is 25.1 Å². The number of aromatic nitrogens is 2. The average Bonchev–Trinajstić information content (AvgIpc) is 2.76. The molecule has 5 N–H and O–H groups in total. The Morgan fingerprint density at radius 2 is 2.17 bits per heavy atom. The molecule has 1 aromatic rings. The third-order valence-corrected chi connectivity index (χ3v) is 3.58. The van der Waals surface area contributed by atoms with E-state index in [2.05, 4.69) is 14.4 Å². The van der Waals surface area contributed by atoms with Crippen molar-refractivity contribution in [3.63, 3.8) is 0 Å². The van der Waals surface area contributed by atoms with Crippen molar-refractivity contribution >= 4 is 13.6 Å². The van der Waals surface area contributed by atoms with E-state index in [0.717, 1.165) is 11.7 Å². The first-order valence-electron chi connectivity index (χ1n) is 6.31. The summed E-state index contributed by atoms with van der Waals surface area (Å²) in [5.41, 5.74) is 4.61. The number of nitrogens with two attached hydrogens (primary N) is 1. The van der Waals surface area contributed by atoms with Crippen molar-refractivity contribution in [1.82, 2.24) is 9.55 Å². The van der Waals surface area contributed by atoms with E-state index in [1.54, 1.807) is 0 Å².